The molecule has 0 spiro atoms. The first-order valence-electron chi connectivity index (χ1n) is 7.08. The van der Waals surface area contributed by atoms with Crippen molar-refractivity contribution in [3.05, 3.63) is 0 Å². The first-order valence-corrected chi connectivity index (χ1v) is 7.08. The van der Waals surface area contributed by atoms with Gasteiger partial charge in [-0.2, -0.15) is 0 Å². The molecule has 2 aliphatic rings. The number of aliphatic hydroxyl groups is 1. The summed E-state index contributed by atoms with van der Waals surface area (Å²) in [5, 5.41) is 9.56. The van der Waals surface area contributed by atoms with Gasteiger partial charge in [-0.1, -0.05) is 33.6 Å². The topological polar surface area (TPSA) is 37.3 Å². The van der Waals surface area contributed by atoms with Crippen molar-refractivity contribution < 1.29 is 9.90 Å². The van der Waals surface area contributed by atoms with Crippen LogP contribution in [0.25, 0.3) is 0 Å². The van der Waals surface area contributed by atoms with Gasteiger partial charge in [0.15, 0.2) is 0 Å². The highest BCUT2D eigenvalue weighted by molar-refractivity contribution is 5.87. The molecule has 0 aromatic rings. The van der Waals surface area contributed by atoms with Crippen molar-refractivity contribution in [2.24, 2.45) is 22.7 Å². The minimum atomic E-state index is -0.276. The van der Waals surface area contributed by atoms with Crippen LogP contribution < -0.4 is 0 Å². The highest BCUT2D eigenvalue weighted by Gasteiger charge is 2.57. The Morgan fingerprint density at radius 3 is 2.35 bits per heavy atom. The average molecular weight is 238 g/mol. The van der Waals surface area contributed by atoms with E-state index in [1.165, 1.54) is 12.8 Å². The quantitative estimate of drug-likeness (QED) is 0.802. The van der Waals surface area contributed by atoms with Crippen molar-refractivity contribution in [2.75, 3.05) is 6.61 Å². The molecule has 17 heavy (non-hydrogen) atoms. The lowest BCUT2D eigenvalue weighted by Gasteiger charge is -2.50. The van der Waals surface area contributed by atoms with E-state index in [2.05, 4.69) is 20.8 Å². The van der Waals surface area contributed by atoms with Gasteiger partial charge in [-0.15, -0.1) is 0 Å². The summed E-state index contributed by atoms with van der Waals surface area (Å²) >= 11 is 0. The number of hydrogen-bond donors (Lipinski definition) is 1. The van der Waals surface area contributed by atoms with Crippen molar-refractivity contribution in [1.82, 2.24) is 0 Å². The molecule has 0 unspecified atom stereocenters. The Balaban J connectivity index is 2.26. The summed E-state index contributed by atoms with van der Waals surface area (Å²) < 4.78 is 0. The molecule has 0 aliphatic heterocycles. The minimum Gasteiger partial charge on any atom is -0.396 e. The zero-order valence-corrected chi connectivity index (χ0v) is 11.5. The summed E-state index contributed by atoms with van der Waals surface area (Å²) in [6.45, 7) is 6.89. The third-order valence-electron chi connectivity index (χ3n) is 5.97. The Morgan fingerprint density at radius 2 is 1.82 bits per heavy atom. The second kappa shape index (κ2) is 4.38. The van der Waals surface area contributed by atoms with Crippen LogP contribution in [0.15, 0.2) is 0 Å². The summed E-state index contributed by atoms with van der Waals surface area (Å²) in [4.78, 5) is 12.3. The molecule has 0 aromatic heterocycles. The van der Waals surface area contributed by atoms with Gasteiger partial charge in [0.25, 0.3) is 0 Å². The number of carbonyl (C=O) groups excluding carboxylic acids is 1. The Labute approximate surface area is 105 Å². The summed E-state index contributed by atoms with van der Waals surface area (Å²) in [5.41, 5.74) is -0.164. The van der Waals surface area contributed by atoms with Gasteiger partial charge in [0.05, 0.1) is 0 Å². The third kappa shape index (κ3) is 1.85. The number of rotatable bonds is 2. The molecule has 2 atom stereocenters. The fourth-order valence-corrected chi connectivity index (χ4v) is 4.10. The van der Waals surface area contributed by atoms with E-state index in [1.807, 2.05) is 0 Å². The summed E-state index contributed by atoms with van der Waals surface area (Å²) in [7, 11) is 0. The molecule has 0 bridgehead atoms. The van der Waals surface area contributed by atoms with E-state index >= 15 is 0 Å². The number of ketones is 1. The van der Waals surface area contributed by atoms with Gasteiger partial charge < -0.3 is 5.11 Å². The predicted molar refractivity (Wildman–Crippen MR) is 68.7 cm³/mol. The van der Waals surface area contributed by atoms with Gasteiger partial charge in [-0.05, 0) is 36.5 Å². The summed E-state index contributed by atoms with van der Waals surface area (Å²) in [6.07, 6.45) is 6.32. The van der Waals surface area contributed by atoms with Crippen LogP contribution in [0.4, 0.5) is 0 Å². The number of carbonyl (C=O) groups is 1. The molecule has 2 rings (SSSR count). The summed E-state index contributed by atoms with van der Waals surface area (Å²) in [5.74, 6) is 1.39. The van der Waals surface area contributed by atoms with Gasteiger partial charge in [-0.25, -0.2) is 0 Å². The average Bonchev–Trinajstić information content (AvgIpc) is 2.61. The second-order valence-corrected chi connectivity index (χ2v) is 6.79. The lowest BCUT2D eigenvalue weighted by molar-refractivity contribution is -0.138. The van der Waals surface area contributed by atoms with E-state index in [1.54, 1.807) is 0 Å². The van der Waals surface area contributed by atoms with Crippen LogP contribution in [0.2, 0.25) is 0 Å². The summed E-state index contributed by atoms with van der Waals surface area (Å²) in [6, 6.07) is 0. The molecule has 98 valence electrons. The first kappa shape index (κ1) is 13.1. The monoisotopic (exact) mass is 238 g/mol. The largest absolute Gasteiger partial charge is 0.396 e. The van der Waals surface area contributed by atoms with Crippen LogP contribution in [0, 0.1) is 22.7 Å². The molecular formula is C15H26O2. The lowest BCUT2D eigenvalue weighted by Crippen LogP contribution is -2.48. The SMILES string of the molecule is CC1CCC(C)([C@@]2(C)C(=O)CC[C@@H]2CO)CC1. The molecule has 2 aliphatic carbocycles. The molecule has 0 amide bonds. The highest BCUT2D eigenvalue weighted by atomic mass is 16.3. The van der Waals surface area contributed by atoms with Crippen molar-refractivity contribution in [2.45, 2.75) is 59.3 Å². The standard InChI is InChI=1S/C15H26O2/c1-11-6-8-14(2,9-7-11)15(3)12(10-16)4-5-13(15)17/h11-12,16H,4-10H2,1-3H3/t11?,12-,14?,15-/m1/s1. The van der Waals surface area contributed by atoms with E-state index in [0.717, 1.165) is 25.2 Å². The van der Waals surface area contributed by atoms with Gasteiger partial charge >= 0.3 is 0 Å². The van der Waals surface area contributed by atoms with Gasteiger partial charge in [-0.3, -0.25) is 4.79 Å². The van der Waals surface area contributed by atoms with E-state index < -0.39 is 0 Å². The fourth-order valence-electron chi connectivity index (χ4n) is 4.10. The van der Waals surface area contributed by atoms with Crippen LogP contribution in [0.5, 0.6) is 0 Å². The zero-order valence-electron chi connectivity index (χ0n) is 11.5. The predicted octanol–water partition coefficient (Wildman–Crippen LogP) is 3.18. The maximum Gasteiger partial charge on any atom is 0.139 e. The number of Topliss-reactive ketones (excluding diaryl/α,β-unsaturated/α-hetero) is 1. The number of aliphatic hydroxyl groups excluding tert-OH is 1. The van der Waals surface area contributed by atoms with Crippen LogP contribution in [0.3, 0.4) is 0 Å². The normalized spacial score (nSPS) is 47.4. The molecule has 0 aromatic carbocycles. The minimum absolute atomic E-state index is 0.112. The molecule has 0 radical (unpaired) electrons. The van der Waals surface area contributed by atoms with E-state index in [9.17, 15) is 9.90 Å². The van der Waals surface area contributed by atoms with Gasteiger partial charge in [0, 0.05) is 18.4 Å². The molecule has 2 nitrogen and oxygen atoms in total. The lowest BCUT2D eigenvalue weighted by atomic mass is 9.54. The van der Waals surface area contributed by atoms with E-state index in [0.29, 0.717) is 12.2 Å². The van der Waals surface area contributed by atoms with Crippen LogP contribution in [-0.2, 0) is 4.79 Å². The molecule has 0 heterocycles. The highest BCUT2D eigenvalue weighted by Crippen LogP contribution is 2.58. The molecule has 2 saturated carbocycles. The molecule has 0 saturated heterocycles. The molecule has 2 fully saturated rings. The van der Waals surface area contributed by atoms with E-state index in [4.69, 9.17) is 0 Å². The van der Waals surface area contributed by atoms with Crippen LogP contribution in [0.1, 0.15) is 59.3 Å². The third-order valence-corrected chi connectivity index (χ3v) is 5.97. The zero-order chi connectivity index (χ0) is 12.7. The van der Waals surface area contributed by atoms with Crippen molar-refractivity contribution in [1.29, 1.82) is 0 Å². The van der Waals surface area contributed by atoms with Crippen molar-refractivity contribution in [3.8, 4) is 0 Å². The molecule has 1 N–H and O–H groups in total. The molecule has 2 heteroatoms. The van der Waals surface area contributed by atoms with Crippen LogP contribution in [-0.4, -0.2) is 17.5 Å². The Kier molecular flexibility index (Phi) is 3.37. The fraction of sp³-hybridized carbons (Fsp3) is 0.933. The number of hydrogen-bond acceptors (Lipinski definition) is 2. The van der Waals surface area contributed by atoms with Crippen molar-refractivity contribution in [3.63, 3.8) is 0 Å². The maximum absolute atomic E-state index is 12.3. The van der Waals surface area contributed by atoms with Gasteiger partial charge in [0.1, 0.15) is 5.78 Å². The van der Waals surface area contributed by atoms with Crippen molar-refractivity contribution >= 4 is 5.78 Å². The van der Waals surface area contributed by atoms with Gasteiger partial charge in [0.2, 0.25) is 0 Å². The molecular weight excluding hydrogens is 212 g/mol. The second-order valence-electron chi connectivity index (χ2n) is 6.79. The van der Waals surface area contributed by atoms with E-state index in [-0.39, 0.29) is 23.4 Å². The Bertz CT molecular complexity index is 302. The Morgan fingerprint density at radius 1 is 1.24 bits per heavy atom. The Hall–Kier alpha value is -0.370. The van der Waals surface area contributed by atoms with Crippen LogP contribution >= 0.6 is 0 Å². The smallest absolute Gasteiger partial charge is 0.139 e. The maximum atomic E-state index is 12.3. The first-order chi connectivity index (χ1) is 7.94.